The number of carbonyl (C=O) groups is 2. The van der Waals surface area contributed by atoms with E-state index in [1.165, 1.54) is 0 Å². The van der Waals surface area contributed by atoms with Gasteiger partial charge in [-0.1, -0.05) is 0 Å². The predicted octanol–water partition coefficient (Wildman–Crippen LogP) is 4.76. The van der Waals surface area contributed by atoms with E-state index < -0.39 is 66.6 Å². The van der Waals surface area contributed by atoms with Crippen molar-refractivity contribution in [3.8, 4) is 0 Å². The number of ether oxygens (including phenoxy) is 2. The summed E-state index contributed by atoms with van der Waals surface area (Å²) in [6.07, 6.45) is -15.2. The average molecular weight is 496 g/mol. The van der Waals surface area contributed by atoms with E-state index >= 15 is 0 Å². The molecule has 0 unspecified atom stereocenters. The molecule has 0 aromatic rings. The summed E-state index contributed by atoms with van der Waals surface area (Å²) in [6, 6.07) is 0. The molecule has 0 saturated heterocycles. The van der Waals surface area contributed by atoms with E-state index in [4.69, 9.17) is 0 Å². The van der Waals surface area contributed by atoms with Gasteiger partial charge in [-0.2, -0.15) is 61.5 Å². The van der Waals surface area contributed by atoms with E-state index in [9.17, 15) is 71.1 Å². The van der Waals surface area contributed by atoms with Crippen molar-refractivity contribution in [3.05, 3.63) is 0 Å². The van der Waals surface area contributed by atoms with Gasteiger partial charge < -0.3 is 9.47 Å². The number of hydrogen-bond acceptors (Lipinski definition) is 4. The summed E-state index contributed by atoms with van der Waals surface area (Å²) in [6.45, 7) is -1.96. The van der Waals surface area contributed by atoms with E-state index in [0.29, 0.717) is 13.8 Å². The average Bonchev–Trinajstić information content (AvgIpc) is 2.52. The number of hydrogen-bond donors (Lipinski definition) is 0. The van der Waals surface area contributed by atoms with Crippen molar-refractivity contribution in [2.75, 3.05) is 13.2 Å². The highest BCUT2D eigenvalue weighted by Crippen LogP contribution is 2.65. The minimum atomic E-state index is -8.23. The minimum absolute atomic E-state index is 0.500. The molecule has 0 aromatic heterocycles. The van der Waals surface area contributed by atoms with Crippen LogP contribution in [0.4, 0.5) is 61.5 Å². The fourth-order valence-corrected chi connectivity index (χ4v) is 2.10. The lowest BCUT2D eigenvalue weighted by molar-refractivity contribution is -0.431. The Bertz CT molecular complexity index is 661. The summed E-state index contributed by atoms with van der Waals surface area (Å²) in [5.74, 6) is -39.8. The number of alkyl halides is 14. The molecule has 0 saturated carbocycles. The molecule has 0 atom stereocenters. The number of carbonyl (C=O) groups excluding carboxylic acids is 2. The van der Waals surface area contributed by atoms with Gasteiger partial charge in [-0.05, 0) is 13.8 Å². The molecule has 0 heterocycles. The highest BCUT2D eigenvalue weighted by atomic mass is 19.4. The van der Waals surface area contributed by atoms with Gasteiger partial charge in [-0.3, -0.25) is 9.59 Å². The zero-order valence-corrected chi connectivity index (χ0v) is 14.8. The lowest BCUT2D eigenvalue weighted by Gasteiger charge is -2.45. The number of rotatable bonds is 8. The SMILES string of the molecule is CCOC(=O)C(C(=O)OCC)(C(F)(F)C(F)(F)F)C(F)(F)C(F)(F)C(F)(F)C(F)(F)F. The van der Waals surface area contributed by atoms with Gasteiger partial charge in [0.05, 0.1) is 13.2 Å². The summed E-state index contributed by atoms with van der Waals surface area (Å²) >= 11 is 0. The van der Waals surface area contributed by atoms with Crippen LogP contribution in [0, 0.1) is 5.41 Å². The van der Waals surface area contributed by atoms with Gasteiger partial charge in [0.15, 0.2) is 0 Å². The highest BCUT2D eigenvalue weighted by Gasteiger charge is 2.96. The Morgan fingerprint density at radius 1 is 0.516 bits per heavy atom. The maximum absolute atomic E-state index is 14.4. The third-order valence-electron chi connectivity index (χ3n) is 3.61. The lowest BCUT2D eigenvalue weighted by atomic mass is 9.70. The molecule has 31 heavy (non-hydrogen) atoms. The first-order valence-electron chi connectivity index (χ1n) is 7.45. The zero-order valence-electron chi connectivity index (χ0n) is 14.8. The Morgan fingerprint density at radius 2 is 0.806 bits per heavy atom. The second kappa shape index (κ2) is 8.14. The third-order valence-corrected chi connectivity index (χ3v) is 3.61. The standard InChI is InChI=1S/C13H10F14O4/c1-3-30-5(28)7(6(29)31-4-2,9(16,17)12(22,23)24)8(14,15)10(18,19)11(20,21)13(25,26)27/h3-4H2,1-2H3. The molecule has 0 N–H and O–H groups in total. The van der Waals surface area contributed by atoms with Crippen LogP contribution in [0.15, 0.2) is 0 Å². The molecule has 4 nitrogen and oxygen atoms in total. The molecular weight excluding hydrogens is 486 g/mol. The molecule has 0 fully saturated rings. The van der Waals surface area contributed by atoms with Crippen LogP contribution < -0.4 is 0 Å². The van der Waals surface area contributed by atoms with Crippen molar-refractivity contribution < 1.29 is 80.5 Å². The molecule has 0 amide bonds. The number of halogens is 14. The topological polar surface area (TPSA) is 52.6 Å². The van der Waals surface area contributed by atoms with Crippen LogP contribution in [0.2, 0.25) is 0 Å². The van der Waals surface area contributed by atoms with Gasteiger partial charge in [-0.25, -0.2) is 0 Å². The molecule has 184 valence electrons. The first kappa shape index (κ1) is 29.0. The Labute approximate surface area is 162 Å². The maximum atomic E-state index is 14.4. The largest absolute Gasteiger partial charge is 0.465 e. The summed E-state index contributed by atoms with van der Waals surface area (Å²) in [5.41, 5.74) is -7.04. The van der Waals surface area contributed by atoms with E-state index in [1.54, 1.807) is 0 Å². The van der Waals surface area contributed by atoms with Gasteiger partial charge in [-0.15, -0.1) is 0 Å². The molecule has 0 rings (SSSR count). The molecule has 0 aromatic carbocycles. The fourth-order valence-electron chi connectivity index (χ4n) is 2.10. The van der Waals surface area contributed by atoms with Crippen molar-refractivity contribution in [3.63, 3.8) is 0 Å². The minimum Gasteiger partial charge on any atom is -0.465 e. The van der Waals surface area contributed by atoms with Crippen molar-refractivity contribution >= 4 is 11.9 Å². The summed E-state index contributed by atoms with van der Waals surface area (Å²) in [4.78, 5) is 23.4. The van der Waals surface area contributed by atoms with Gasteiger partial charge in [0, 0.05) is 0 Å². The van der Waals surface area contributed by atoms with E-state index in [-0.39, 0.29) is 0 Å². The third kappa shape index (κ3) is 3.85. The van der Waals surface area contributed by atoms with Crippen LogP contribution in [0.3, 0.4) is 0 Å². The molecule has 0 bridgehead atoms. The Morgan fingerprint density at radius 3 is 1.03 bits per heavy atom. The molecule has 0 radical (unpaired) electrons. The van der Waals surface area contributed by atoms with E-state index in [0.717, 1.165) is 0 Å². The molecule has 0 aliphatic carbocycles. The maximum Gasteiger partial charge on any atom is 0.460 e. The molecule has 18 heteroatoms. The molecule has 0 spiro atoms. The van der Waals surface area contributed by atoms with Crippen LogP contribution in [0.1, 0.15) is 13.8 Å². The first-order valence-corrected chi connectivity index (χ1v) is 7.45. The normalized spacial score (nSPS) is 15.0. The van der Waals surface area contributed by atoms with Gasteiger partial charge >= 0.3 is 53.4 Å². The second-order valence-electron chi connectivity index (χ2n) is 5.48. The van der Waals surface area contributed by atoms with Crippen LogP contribution in [-0.4, -0.2) is 61.2 Å². The summed E-state index contributed by atoms with van der Waals surface area (Å²) < 4.78 is 193. The quantitative estimate of drug-likeness (QED) is 0.276. The first-order chi connectivity index (χ1) is 13.5. The van der Waals surface area contributed by atoms with Crippen LogP contribution in [-0.2, 0) is 19.1 Å². The van der Waals surface area contributed by atoms with Crippen LogP contribution in [0.25, 0.3) is 0 Å². The summed E-state index contributed by atoms with van der Waals surface area (Å²) in [5, 5.41) is 0. The molecule has 0 aliphatic rings. The summed E-state index contributed by atoms with van der Waals surface area (Å²) in [7, 11) is 0. The van der Waals surface area contributed by atoms with Gasteiger partial charge in [0.25, 0.3) is 0 Å². The van der Waals surface area contributed by atoms with Crippen LogP contribution >= 0.6 is 0 Å². The number of esters is 2. The van der Waals surface area contributed by atoms with Gasteiger partial charge in [0.2, 0.25) is 0 Å². The van der Waals surface area contributed by atoms with E-state index in [1.807, 2.05) is 0 Å². The smallest absolute Gasteiger partial charge is 0.460 e. The van der Waals surface area contributed by atoms with Crippen LogP contribution in [0.5, 0.6) is 0 Å². The van der Waals surface area contributed by atoms with Crippen molar-refractivity contribution in [1.29, 1.82) is 0 Å². The molecule has 0 aliphatic heterocycles. The monoisotopic (exact) mass is 496 g/mol. The van der Waals surface area contributed by atoms with Crippen molar-refractivity contribution in [1.82, 2.24) is 0 Å². The fraction of sp³-hybridized carbons (Fsp3) is 0.846. The second-order valence-corrected chi connectivity index (χ2v) is 5.48. The zero-order chi connectivity index (χ0) is 25.5. The Kier molecular flexibility index (Phi) is 7.61. The molecular formula is C13H10F14O4. The lowest BCUT2D eigenvalue weighted by Crippen LogP contribution is -2.76. The van der Waals surface area contributed by atoms with Crippen molar-refractivity contribution in [2.24, 2.45) is 5.41 Å². The van der Waals surface area contributed by atoms with Crippen molar-refractivity contribution in [2.45, 2.75) is 49.9 Å². The highest BCUT2D eigenvalue weighted by molar-refractivity contribution is 6.03. The Balaban J connectivity index is 7.70. The Hall–Kier alpha value is -2.04. The predicted molar refractivity (Wildman–Crippen MR) is 67.6 cm³/mol. The van der Waals surface area contributed by atoms with Gasteiger partial charge in [0.1, 0.15) is 0 Å². The van der Waals surface area contributed by atoms with E-state index in [2.05, 4.69) is 9.47 Å².